The minimum atomic E-state index is -0.800. The van der Waals surface area contributed by atoms with Crippen LogP contribution in [0.1, 0.15) is 271 Å². The number of carbonyl (C=O) groups excluding carboxylic acids is 3. The predicted octanol–water partition coefficient (Wildman–Crippen LogP) is 22.5. The van der Waals surface area contributed by atoms with Gasteiger partial charge >= 0.3 is 17.9 Å². The molecule has 1 atom stereocenters. The van der Waals surface area contributed by atoms with Crippen LogP contribution in [0.4, 0.5) is 0 Å². The van der Waals surface area contributed by atoms with E-state index in [1.807, 2.05) is 0 Å². The molecule has 0 saturated heterocycles. The van der Waals surface area contributed by atoms with Crippen molar-refractivity contribution in [3.63, 3.8) is 0 Å². The smallest absolute Gasteiger partial charge is 0.306 e. The highest BCUT2D eigenvalue weighted by atomic mass is 16.6. The SMILES string of the molecule is CC/C=C\C/C=C\C/C=C\C/C=C\C/C=C\C/C=C\C/C=C\C/C=C\C/C=C\C/C=C\CCCCCCC(=O)OCC(COC(=O)CCCCCCCC)OC(=O)CCCCCCCC/C=C\C/C=C\C/C=C\CCCCCCC. The molecule has 0 saturated carbocycles. The Morgan fingerprint density at radius 2 is 0.487 bits per heavy atom. The van der Waals surface area contributed by atoms with Gasteiger partial charge in [0.05, 0.1) is 0 Å². The molecule has 0 rings (SSSR count). The van der Waals surface area contributed by atoms with Gasteiger partial charge in [-0.2, -0.15) is 0 Å². The summed E-state index contributed by atoms with van der Waals surface area (Å²) in [5.74, 6) is -0.949. The second-order valence-corrected chi connectivity index (χ2v) is 20.9. The third kappa shape index (κ3) is 63.9. The van der Waals surface area contributed by atoms with Gasteiger partial charge in [-0.25, -0.2) is 0 Å². The summed E-state index contributed by atoms with van der Waals surface area (Å²) in [6, 6.07) is 0. The standard InChI is InChI=1S/C74H118O6/c1-4-7-10-13-16-18-20-22-24-26-28-30-31-32-33-34-35-36-37-38-39-40-41-42-43-45-46-48-50-52-54-56-58-61-64-67-73(76)79-70-71(69-78-72(75)66-63-60-15-12-9-6-3)80-74(77)68-65-62-59-57-55-53-51-49-47-44-29-27-25-23-21-19-17-14-11-8-5-2/h7,10,16,18,21-24,27-30,32-33,35-36,38-39,41-42,45-47,49-50,52,71H,4-6,8-9,11-15,17,19-20,25-26,31,34,37,40,43-44,48,51,53-70H2,1-3H3/b10-7-,18-16-,23-21-,24-22-,29-27-,30-28-,33-32-,36-35-,39-38-,42-41-,46-45-,49-47-,52-50-. The van der Waals surface area contributed by atoms with E-state index in [1.165, 1.54) is 70.6 Å². The molecule has 0 aliphatic carbocycles. The maximum atomic E-state index is 12.8. The second-order valence-electron chi connectivity index (χ2n) is 20.9. The van der Waals surface area contributed by atoms with E-state index in [0.29, 0.717) is 19.3 Å². The maximum Gasteiger partial charge on any atom is 0.306 e. The van der Waals surface area contributed by atoms with Crippen LogP contribution in [-0.4, -0.2) is 37.2 Å². The molecule has 0 aromatic rings. The minimum Gasteiger partial charge on any atom is -0.462 e. The molecule has 0 aromatic carbocycles. The van der Waals surface area contributed by atoms with Crippen molar-refractivity contribution in [1.82, 2.24) is 0 Å². The van der Waals surface area contributed by atoms with Crippen LogP contribution >= 0.6 is 0 Å². The molecule has 6 nitrogen and oxygen atoms in total. The van der Waals surface area contributed by atoms with Gasteiger partial charge in [-0.3, -0.25) is 14.4 Å². The van der Waals surface area contributed by atoms with Crippen LogP contribution in [0.2, 0.25) is 0 Å². The van der Waals surface area contributed by atoms with Crippen molar-refractivity contribution < 1.29 is 28.6 Å². The van der Waals surface area contributed by atoms with Crippen molar-refractivity contribution in [2.24, 2.45) is 0 Å². The third-order valence-corrected chi connectivity index (χ3v) is 13.3. The number of hydrogen-bond acceptors (Lipinski definition) is 6. The van der Waals surface area contributed by atoms with Gasteiger partial charge in [0.15, 0.2) is 6.10 Å². The molecule has 450 valence electrons. The number of ether oxygens (including phenoxy) is 3. The Hall–Kier alpha value is -4.97. The lowest BCUT2D eigenvalue weighted by Crippen LogP contribution is -2.30. The maximum absolute atomic E-state index is 12.8. The summed E-state index contributed by atoms with van der Waals surface area (Å²) in [6.45, 7) is 6.41. The lowest BCUT2D eigenvalue weighted by atomic mass is 10.1. The van der Waals surface area contributed by atoms with E-state index in [9.17, 15) is 14.4 Å². The number of unbranched alkanes of at least 4 members (excludes halogenated alkanes) is 20. The first-order valence-corrected chi connectivity index (χ1v) is 32.5. The zero-order valence-corrected chi connectivity index (χ0v) is 51.5. The highest BCUT2D eigenvalue weighted by Gasteiger charge is 2.19. The largest absolute Gasteiger partial charge is 0.462 e. The van der Waals surface area contributed by atoms with Crippen molar-refractivity contribution in [2.45, 2.75) is 277 Å². The van der Waals surface area contributed by atoms with Crippen molar-refractivity contribution in [3.05, 3.63) is 158 Å². The van der Waals surface area contributed by atoms with Gasteiger partial charge in [0, 0.05) is 19.3 Å². The first-order chi connectivity index (χ1) is 39.5. The topological polar surface area (TPSA) is 78.9 Å². The van der Waals surface area contributed by atoms with Crippen molar-refractivity contribution in [3.8, 4) is 0 Å². The summed E-state index contributed by atoms with van der Waals surface area (Å²) in [5, 5.41) is 0. The number of allylic oxidation sites excluding steroid dienone is 26. The second kappa shape index (κ2) is 66.5. The zero-order chi connectivity index (χ0) is 57.8. The highest BCUT2D eigenvalue weighted by Crippen LogP contribution is 2.14. The summed E-state index contributed by atoms with van der Waals surface area (Å²) in [7, 11) is 0. The molecule has 0 fully saturated rings. The van der Waals surface area contributed by atoms with Crippen molar-refractivity contribution in [1.29, 1.82) is 0 Å². The van der Waals surface area contributed by atoms with Gasteiger partial charge in [0.2, 0.25) is 0 Å². The first kappa shape index (κ1) is 75.0. The lowest BCUT2D eigenvalue weighted by molar-refractivity contribution is -0.167. The number of hydrogen-bond donors (Lipinski definition) is 0. The fraction of sp³-hybridized carbons (Fsp3) is 0.608. The molecular weight excluding hydrogens is 985 g/mol. The average molecular weight is 1100 g/mol. The molecule has 0 radical (unpaired) electrons. The van der Waals surface area contributed by atoms with Gasteiger partial charge < -0.3 is 14.2 Å². The van der Waals surface area contributed by atoms with Crippen LogP contribution in [0.15, 0.2) is 158 Å². The van der Waals surface area contributed by atoms with Gasteiger partial charge in [0.25, 0.3) is 0 Å². The van der Waals surface area contributed by atoms with E-state index in [-0.39, 0.29) is 31.1 Å². The summed E-state index contributed by atoms with van der Waals surface area (Å²) < 4.78 is 16.8. The van der Waals surface area contributed by atoms with E-state index >= 15 is 0 Å². The van der Waals surface area contributed by atoms with Crippen LogP contribution in [0.5, 0.6) is 0 Å². The van der Waals surface area contributed by atoms with Crippen molar-refractivity contribution >= 4 is 17.9 Å². The van der Waals surface area contributed by atoms with Gasteiger partial charge in [0.1, 0.15) is 13.2 Å². The number of esters is 3. The van der Waals surface area contributed by atoms with E-state index in [2.05, 4.69) is 179 Å². The fourth-order valence-corrected chi connectivity index (χ4v) is 8.42. The minimum absolute atomic E-state index is 0.0967. The number of rotatable bonds is 57. The molecule has 0 heterocycles. The summed E-state index contributed by atoms with van der Waals surface area (Å²) >= 11 is 0. The van der Waals surface area contributed by atoms with E-state index in [1.54, 1.807) is 0 Å². The monoisotopic (exact) mass is 1100 g/mol. The van der Waals surface area contributed by atoms with E-state index < -0.39 is 6.10 Å². The molecule has 80 heavy (non-hydrogen) atoms. The Morgan fingerprint density at radius 1 is 0.263 bits per heavy atom. The molecule has 0 spiro atoms. The van der Waals surface area contributed by atoms with Crippen molar-refractivity contribution in [2.75, 3.05) is 13.2 Å². The third-order valence-electron chi connectivity index (χ3n) is 13.3. The van der Waals surface area contributed by atoms with Crippen LogP contribution in [0.3, 0.4) is 0 Å². The highest BCUT2D eigenvalue weighted by molar-refractivity contribution is 5.71. The van der Waals surface area contributed by atoms with Crippen LogP contribution < -0.4 is 0 Å². The molecule has 0 aliphatic heterocycles. The zero-order valence-electron chi connectivity index (χ0n) is 51.5. The molecule has 1 unspecified atom stereocenters. The Kier molecular flexibility index (Phi) is 62.4. The Morgan fingerprint density at radius 3 is 0.762 bits per heavy atom. The molecule has 0 aromatic heterocycles. The van der Waals surface area contributed by atoms with E-state index in [4.69, 9.17) is 14.2 Å². The fourth-order valence-electron chi connectivity index (χ4n) is 8.42. The molecule has 0 amide bonds. The van der Waals surface area contributed by atoms with E-state index in [0.717, 1.165) is 161 Å². The molecule has 0 bridgehead atoms. The first-order valence-electron chi connectivity index (χ1n) is 32.5. The van der Waals surface area contributed by atoms with Crippen LogP contribution in [-0.2, 0) is 28.6 Å². The average Bonchev–Trinajstić information content (AvgIpc) is 3.46. The molecular formula is C74H118O6. The summed E-state index contributed by atoms with van der Waals surface area (Å²) in [6.07, 6.45) is 97.1. The van der Waals surface area contributed by atoms with Gasteiger partial charge in [-0.1, -0.05) is 275 Å². The summed E-state index contributed by atoms with van der Waals surface area (Å²) in [4.78, 5) is 38.0. The molecule has 0 aliphatic rings. The molecule has 6 heteroatoms. The van der Waals surface area contributed by atoms with Crippen LogP contribution in [0.25, 0.3) is 0 Å². The summed E-state index contributed by atoms with van der Waals surface area (Å²) in [5.41, 5.74) is 0. The normalized spacial score (nSPS) is 13.2. The van der Waals surface area contributed by atoms with Gasteiger partial charge in [-0.15, -0.1) is 0 Å². The molecule has 0 N–H and O–H groups in total. The quantitative estimate of drug-likeness (QED) is 0.0261. The number of carbonyl (C=O) groups is 3. The van der Waals surface area contributed by atoms with Gasteiger partial charge in [-0.05, 0) is 135 Å². The predicted molar refractivity (Wildman–Crippen MR) is 348 cm³/mol. The van der Waals surface area contributed by atoms with Crippen LogP contribution in [0, 0.1) is 0 Å². The Bertz CT molecular complexity index is 1790. The Balaban J connectivity index is 4.21. The lowest BCUT2D eigenvalue weighted by Gasteiger charge is -2.18. The Labute approximate surface area is 492 Å².